The van der Waals surface area contributed by atoms with Crippen LogP contribution >= 0.6 is 0 Å². The molecular formula is C26H26O2. The van der Waals surface area contributed by atoms with Gasteiger partial charge >= 0.3 is 5.97 Å². The number of rotatable bonds is 8. The molecule has 28 heavy (non-hydrogen) atoms. The largest absolute Gasteiger partial charge is 0.458 e. The summed E-state index contributed by atoms with van der Waals surface area (Å²) in [7, 11) is 0. The van der Waals surface area contributed by atoms with Crippen LogP contribution in [0.15, 0.2) is 85.5 Å². The molecule has 0 fully saturated rings. The van der Waals surface area contributed by atoms with Gasteiger partial charge in [-0.1, -0.05) is 92.7 Å². The van der Waals surface area contributed by atoms with Crippen LogP contribution in [0.1, 0.15) is 30.9 Å². The van der Waals surface area contributed by atoms with Crippen molar-refractivity contribution in [3.63, 3.8) is 0 Å². The van der Waals surface area contributed by atoms with E-state index in [1.54, 1.807) is 0 Å². The summed E-state index contributed by atoms with van der Waals surface area (Å²) in [4.78, 5) is 11.1. The van der Waals surface area contributed by atoms with Crippen LogP contribution in [0.25, 0.3) is 22.3 Å². The van der Waals surface area contributed by atoms with E-state index >= 15 is 0 Å². The maximum atomic E-state index is 11.1. The van der Waals surface area contributed by atoms with Gasteiger partial charge < -0.3 is 4.74 Å². The molecule has 0 amide bonds. The highest BCUT2D eigenvalue weighted by molar-refractivity contribution is 5.81. The van der Waals surface area contributed by atoms with Gasteiger partial charge in [-0.2, -0.15) is 0 Å². The number of aryl methyl sites for hydroxylation is 1. The minimum atomic E-state index is -0.405. The molecule has 0 aliphatic heterocycles. The van der Waals surface area contributed by atoms with E-state index in [4.69, 9.17) is 4.74 Å². The van der Waals surface area contributed by atoms with Gasteiger partial charge in [0.2, 0.25) is 0 Å². The van der Waals surface area contributed by atoms with Crippen molar-refractivity contribution in [3.8, 4) is 22.3 Å². The van der Waals surface area contributed by atoms with Gasteiger partial charge in [0.15, 0.2) is 0 Å². The zero-order valence-corrected chi connectivity index (χ0v) is 16.4. The van der Waals surface area contributed by atoms with Crippen molar-refractivity contribution in [2.75, 3.05) is 0 Å². The minimum Gasteiger partial charge on any atom is -0.458 e. The molecule has 0 radical (unpaired) electrons. The highest BCUT2D eigenvalue weighted by Gasteiger charge is 2.03. The number of esters is 1. The van der Waals surface area contributed by atoms with Crippen LogP contribution in [0.2, 0.25) is 0 Å². The van der Waals surface area contributed by atoms with Crippen molar-refractivity contribution in [1.29, 1.82) is 0 Å². The first-order valence-corrected chi connectivity index (χ1v) is 9.77. The Morgan fingerprint density at radius 1 is 0.786 bits per heavy atom. The van der Waals surface area contributed by atoms with Gasteiger partial charge in [0.05, 0.1) is 0 Å². The van der Waals surface area contributed by atoms with Crippen molar-refractivity contribution < 1.29 is 9.53 Å². The Morgan fingerprint density at radius 3 is 1.64 bits per heavy atom. The number of carbonyl (C=O) groups is 1. The molecule has 2 nitrogen and oxygen atoms in total. The monoisotopic (exact) mass is 370 g/mol. The van der Waals surface area contributed by atoms with E-state index < -0.39 is 5.97 Å². The average Bonchev–Trinajstić information content (AvgIpc) is 2.77. The number of benzene rings is 3. The van der Waals surface area contributed by atoms with Gasteiger partial charge in [0.25, 0.3) is 0 Å². The number of unbranched alkanes of at least 4 members (excludes halogenated alkanes) is 1. The second kappa shape index (κ2) is 9.70. The van der Waals surface area contributed by atoms with Crippen LogP contribution in [-0.2, 0) is 22.6 Å². The molecule has 3 rings (SSSR count). The molecule has 142 valence electrons. The smallest absolute Gasteiger partial charge is 0.330 e. The van der Waals surface area contributed by atoms with Crippen LogP contribution < -0.4 is 0 Å². The first-order valence-electron chi connectivity index (χ1n) is 9.77. The number of hydrogen-bond donors (Lipinski definition) is 0. The molecule has 0 atom stereocenters. The predicted octanol–water partition coefficient (Wildman–Crippen LogP) is 6.59. The highest BCUT2D eigenvalue weighted by atomic mass is 16.5. The fourth-order valence-electron chi connectivity index (χ4n) is 3.11. The third kappa shape index (κ3) is 5.20. The molecule has 3 aromatic rings. The number of carbonyl (C=O) groups excluding carboxylic acids is 1. The van der Waals surface area contributed by atoms with Crippen LogP contribution in [-0.4, -0.2) is 5.97 Å². The van der Waals surface area contributed by atoms with Gasteiger partial charge in [-0.25, -0.2) is 4.79 Å². The van der Waals surface area contributed by atoms with E-state index in [1.807, 2.05) is 12.1 Å². The van der Waals surface area contributed by atoms with E-state index in [1.165, 1.54) is 35.6 Å². The topological polar surface area (TPSA) is 26.3 Å². The quantitative estimate of drug-likeness (QED) is 0.330. The second-order valence-corrected chi connectivity index (χ2v) is 6.89. The lowest BCUT2D eigenvalue weighted by Gasteiger charge is -2.08. The Labute approximate surface area is 167 Å². The number of ether oxygens (including phenoxy) is 1. The highest BCUT2D eigenvalue weighted by Crippen LogP contribution is 2.26. The third-order valence-electron chi connectivity index (χ3n) is 4.83. The molecule has 0 saturated carbocycles. The Kier molecular flexibility index (Phi) is 6.80. The van der Waals surface area contributed by atoms with Gasteiger partial charge in [-0.05, 0) is 46.2 Å². The third-order valence-corrected chi connectivity index (χ3v) is 4.83. The van der Waals surface area contributed by atoms with Crippen molar-refractivity contribution in [1.82, 2.24) is 0 Å². The lowest BCUT2D eigenvalue weighted by Crippen LogP contribution is -1.99. The summed E-state index contributed by atoms with van der Waals surface area (Å²) in [6, 6.07) is 25.6. The van der Waals surface area contributed by atoms with E-state index in [0.717, 1.165) is 23.1 Å². The van der Waals surface area contributed by atoms with Crippen molar-refractivity contribution in [3.05, 3.63) is 96.6 Å². The van der Waals surface area contributed by atoms with Gasteiger partial charge in [0, 0.05) is 6.08 Å². The lowest BCUT2D eigenvalue weighted by atomic mass is 9.98. The maximum Gasteiger partial charge on any atom is 0.330 e. The average molecular weight is 370 g/mol. The normalized spacial score (nSPS) is 10.5. The summed E-state index contributed by atoms with van der Waals surface area (Å²) < 4.78 is 5.06. The van der Waals surface area contributed by atoms with E-state index in [9.17, 15) is 4.79 Å². The summed E-state index contributed by atoms with van der Waals surface area (Å²) in [6.07, 6.45) is 4.79. The van der Waals surface area contributed by atoms with Crippen molar-refractivity contribution >= 4 is 5.97 Å². The fraction of sp³-hybridized carbons (Fsp3) is 0.192. The minimum absolute atomic E-state index is 0.262. The summed E-state index contributed by atoms with van der Waals surface area (Å²) in [6.45, 7) is 5.88. The zero-order valence-electron chi connectivity index (χ0n) is 16.4. The molecule has 0 unspecified atom stereocenters. The van der Waals surface area contributed by atoms with E-state index in [-0.39, 0.29) is 6.61 Å². The van der Waals surface area contributed by atoms with Crippen LogP contribution in [0.4, 0.5) is 0 Å². The molecule has 0 bridgehead atoms. The summed E-state index contributed by atoms with van der Waals surface area (Å²) in [5, 5.41) is 0. The number of hydrogen-bond acceptors (Lipinski definition) is 2. The molecule has 0 heterocycles. The first-order chi connectivity index (χ1) is 13.7. The molecule has 0 aliphatic rings. The lowest BCUT2D eigenvalue weighted by molar-refractivity contribution is -0.138. The predicted molar refractivity (Wildman–Crippen MR) is 116 cm³/mol. The Morgan fingerprint density at radius 2 is 1.21 bits per heavy atom. The van der Waals surface area contributed by atoms with E-state index in [2.05, 4.69) is 74.2 Å². The maximum absolute atomic E-state index is 11.1. The van der Waals surface area contributed by atoms with Crippen LogP contribution in [0.5, 0.6) is 0 Å². The molecule has 0 saturated heterocycles. The molecule has 0 N–H and O–H groups in total. The zero-order chi connectivity index (χ0) is 19.8. The SMILES string of the molecule is C=CC(=O)OCc1ccc(-c2ccc(-c3ccc(CCCC)cc3)cc2)cc1. The van der Waals surface area contributed by atoms with E-state index in [0.29, 0.717) is 0 Å². The Bertz CT molecular complexity index is 904. The molecule has 0 spiro atoms. The summed E-state index contributed by atoms with van der Waals surface area (Å²) >= 11 is 0. The van der Waals surface area contributed by atoms with Crippen molar-refractivity contribution in [2.45, 2.75) is 32.8 Å². The van der Waals surface area contributed by atoms with Gasteiger partial charge in [-0.3, -0.25) is 0 Å². The molecule has 2 heteroatoms. The second-order valence-electron chi connectivity index (χ2n) is 6.89. The van der Waals surface area contributed by atoms with Crippen LogP contribution in [0, 0.1) is 0 Å². The summed E-state index contributed by atoms with van der Waals surface area (Å²) in [5.41, 5.74) is 7.13. The first kappa shape index (κ1) is 19.6. The van der Waals surface area contributed by atoms with Gasteiger partial charge in [0.1, 0.15) is 6.61 Å². The van der Waals surface area contributed by atoms with Crippen LogP contribution in [0.3, 0.4) is 0 Å². The molecule has 3 aromatic carbocycles. The standard InChI is InChI=1S/C26H26O2/c1-3-5-6-20-7-11-22(12-8-20)24-15-17-25(18-16-24)23-13-9-21(10-14-23)19-28-26(27)4-2/h4,7-18H,2-3,5-6,19H2,1H3. The summed E-state index contributed by atoms with van der Waals surface area (Å²) in [5.74, 6) is -0.405. The Balaban J connectivity index is 1.66. The fourth-order valence-corrected chi connectivity index (χ4v) is 3.11. The molecule has 0 aromatic heterocycles. The van der Waals surface area contributed by atoms with Crippen molar-refractivity contribution in [2.24, 2.45) is 0 Å². The molecular weight excluding hydrogens is 344 g/mol. The molecule has 0 aliphatic carbocycles. The Hall–Kier alpha value is -3.13. The van der Waals surface area contributed by atoms with Gasteiger partial charge in [-0.15, -0.1) is 0 Å².